The third-order valence-corrected chi connectivity index (χ3v) is 2.97. The van der Waals surface area contributed by atoms with E-state index < -0.39 is 6.10 Å². The molecular weight excluding hydrogens is 240 g/mol. The summed E-state index contributed by atoms with van der Waals surface area (Å²) in [6.07, 6.45) is -0.299. The first-order valence-corrected chi connectivity index (χ1v) is 6.69. The van der Waals surface area contributed by atoms with Gasteiger partial charge in [-0.1, -0.05) is 32.9 Å². The van der Waals surface area contributed by atoms with Gasteiger partial charge in [0.25, 0.3) is 0 Å². The lowest BCUT2D eigenvalue weighted by atomic mass is 9.87. The van der Waals surface area contributed by atoms with Crippen molar-refractivity contribution in [1.82, 2.24) is 0 Å². The van der Waals surface area contributed by atoms with Crippen LogP contribution in [0.2, 0.25) is 0 Å². The van der Waals surface area contributed by atoms with E-state index in [-0.39, 0.29) is 17.5 Å². The van der Waals surface area contributed by atoms with Gasteiger partial charge in [0.05, 0.1) is 11.7 Å². The molecule has 0 bridgehead atoms. The number of ether oxygens (including phenoxy) is 1. The first-order valence-electron chi connectivity index (χ1n) is 6.69. The van der Waals surface area contributed by atoms with E-state index >= 15 is 0 Å². The second-order valence-electron chi connectivity index (χ2n) is 6.13. The van der Waals surface area contributed by atoms with E-state index in [0.717, 1.165) is 0 Å². The average molecular weight is 264 g/mol. The molecule has 1 N–H and O–H groups in total. The van der Waals surface area contributed by atoms with Gasteiger partial charge in [-0.3, -0.25) is 0 Å². The minimum absolute atomic E-state index is 0.0715. The molecule has 0 aliphatic heterocycles. The number of carbonyl (C=O) groups excluding carboxylic acids is 1. The standard InChI is InChI=1S/C16H24O3/c1-11(17)10-12(2)19-15(18)13-6-8-14(9-7-13)16(3,4)5/h6-9,11-12,17H,10H2,1-5H3/t11-,12-/m1/s1. The number of aliphatic hydroxyl groups is 1. The van der Waals surface area contributed by atoms with Crippen LogP contribution in [0.4, 0.5) is 0 Å². The number of hydrogen-bond acceptors (Lipinski definition) is 3. The fourth-order valence-corrected chi connectivity index (χ4v) is 1.89. The Bertz CT molecular complexity index is 413. The molecule has 0 saturated heterocycles. The van der Waals surface area contributed by atoms with Gasteiger partial charge in [-0.05, 0) is 37.0 Å². The maximum absolute atomic E-state index is 11.9. The van der Waals surface area contributed by atoms with Crippen molar-refractivity contribution < 1.29 is 14.6 Å². The van der Waals surface area contributed by atoms with Gasteiger partial charge < -0.3 is 9.84 Å². The van der Waals surface area contributed by atoms with Gasteiger partial charge >= 0.3 is 5.97 Å². The van der Waals surface area contributed by atoms with Crippen LogP contribution in [0.5, 0.6) is 0 Å². The lowest BCUT2D eigenvalue weighted by Crippen LogP contribution is -2.20. The molecule has 3 heteroatoms. The highest BCUT2D eigenvalue weighted by Gasteiger charge is 2.16. The van der Waals surface area contributed by atoms with Crippen LogP contribution in [0.1, 0.15) is 57.0 Å². The highest BCUT2D eigenvalue weighted by molar-refractivity contribution is 5.89. The monoisotopic (exact) mass is 264 g/mol. The number of benzene rings is 1. The smallest absolute Gasteiger partial charge is 0.338 e. The second-order valence-corrected chi connectivity index (χ2v) is 6.13. The molecule has 0 spiro atoms. The minimum atomic E-state index is -0.467. The van der Waals surface area contributed by atoms with E-state index in [4.69, 9.17) is 4.74 Å². The lowest BCUT2D eigenvalue weighted by Gasteiger charge is -2.19. The highest BCUT2D eigenvalue weighted by Crippen LogP contribution is 2.22. The van der Waals surface area contributed by atoms with Crippen molar-refractivity contribution in [3.8, 4) is 0 Å². The SMILES string of the molecule is C[C@H](C[C@@H](C)O)OC(=O)c1ccc(C(C)(C)C)cc1. The summed E-state index contributed by atoms with van der Waals surface area (Å²) in [5.74, 6) is -0.339. The zero-order valence-corrected chi connectivity index (χ0v) is 12.4. The summed E-state index contributed by atoms with van der Waals surface area (Å²) >= 11 is 0. The molecule has 0 aliphatic rings. The minimum Gasteiger partial charge on any atom is -0.459 e. The van der Waals surface area contributed by atoms with Crippen LogP contribution in [0.3, 0.4) is 0 Å². The largest absolute Gasteiger partial charge is 0.459 e. The van der Waals surface area contributed by atoms with Gasteiger partial charge in [0.15, 0.2) is 0 Å². The number of carbonyl (C=O) groups is 1. The number of aliphatic hydroxyl groups excluding tert-OH is 1. The maximum atomic E-state index is 11.9. The Hall–Kier alpha value is -1.35. The topological polar surface area (TPSA) is 46.5 Å². The van der Waals surface area contributed by atoms with Gasteiger partial charge in [0, 0.05) is 6.42 Å². The zero-order chi connectivity index (χ0) is 14.6. The van der Waals surface area contributed by atoms with E-state index in [9.17, 15) is 9.90 Å². The van der Waals surface area contributed by atoms with Gasteiger partial charge in [-0.25, -0.2) is 4.79 Å². The van der Waals surface area contributed by atoms with Gasteiger partial charge in [-0.15, -0.1) is 0 Å². The van der Waals surface area contributed by atoms with E-state index in [1.165, 1.54) is 5.56 Å². The molecule has 1 aromatic rings. The molecule has 106 valence electrons. The predicted octanol–water partition coefficient (Wildman–Crippen LogP) is 3.30. The van der Waals surface area contributed by atoms with E-state index in [2.05, 4.69) is 20.8 Å². The Balaban J connectivity index is 2.68. The Morgan fingerprint density at radius 2 is 1.74 bits per heavy atom. The van der Waals surface area contributed by atoms with Crippen molar-refractivity contribution in [3.05, 3.63) is 35.4 Å². The number of rotatable bonds is 4. The van der Waals surface area contributed by atoms with Crippen molar-refractivity contribution in [3.63, 3.8) is 0 Å². The van der Waals surface area contributed by atoms with Gasteiger partial charge in [-0.2, -0.15) is 0 Å². The number of esters is 1. The molecule has 0 saturated carbocycles. The maximum Gasteiger partial charge on any atom is 0.338 e. The molecule has 1 aromatic carbocycles. The molecular formula is C16H24O3. The molecule has 0 amide bonds. The lowest BCUT2D eigenvalue weighted by molar-refractivity contribution is 0.0222. The summed E-state index contributed by atoms with van der Waals surface area (Å²) in [5.41, 5.74) is 1.80. The molecule has 1 rings (SSSR count). The van der Waals surface area contributed by atoms with Crippen LogP contribution < -0.4 is 0 Å². The van der Waals surface area contributed by atoms with Crippen molar-refractivity contribution >= 4 is 5.97 Å². The Labute approximate surface area is 115 Å². The summed E-state index contributed by atoms with van der Waals surface area (Å²) in [5, 5.41) is 9.24. The summed E-state index contributed by atoms with van der Waals surface area (Å²) < 4.78 is 5.27. The molecule has 3 nitrogen and oxygen atoms in total. The normalized spacial score (nSPS) is 14.8. The first-order chi connectivity index (χ1) is 8.70. The zero-order valence-electron chi connectivity index (χ0n) is 12.4. The molecule has 0 heterocycles. The quantitative estimate of drug-likeness (QED) is 0.849. The van der Waals surface area contributed by atoms with Crippen molar-refractivity contribution in [1.29, 1.82) is 0 Å². The van der Waals surface area contributed by atoms with Crippen LogP contribution in [-0.2, 0) is 10.2 Å². The Morgan fingerprint density at radius 1 is 1.21 bits per heavy atom. The van der Waals surface area contributed by atoms with E-state index in [0.29, 0.717) is 12.0 Å². The molecule has 0 radical (unpaired) electrons. The summed E-state index contributed by atoms with van der Waals surface area (Å²) in [6, 6.07) is 7.49. The summed E-state index contributed by atoms with van der Waals surface area (Å²) in [6.45, 7) is 9.86. The van der Waals surface area contributed by atoms with Crippen molar-refractivity contribution in [2.45, 2.75) is 58.7 Å². The van der Waals surface area contributed by atoms with Gasteiger partial charge in [0.1, 0.15) is 6.10 Å². The van der Waals surface area contributed by atoms with Crippen LogP contribution in [-0.4, -0.2) is 23.3 Å². The van der Waals surface area contributed by atoms with Crippen LogP contribution >= 0.6 is 0 Å². The number of hydrogen-bond donors (Lipinski definition) is 1. The highest BCUT2D eigenvalue weighted by atomic mass is 16.5. The van der Waals surface area contributed by atoms with E-state index in [1.54, 1.807) is 26.0 Å². The van der Waals surface area contributed by atoms with Crippen LogP contribution in [0.25, 0.3) is 0 Å². The molecule has 2 atom stereocenters. The van der Waals surface area contributed by atoms with Crippen molar-refractivity contribution in [2.24, 2.45) is 0 Å². The fraction of sp³-hybridized carbons (Fsp3) is 0.562. The molecule has 19 heavy (non-hydrogen) atoms. The summed E-state index contributed by atoms with van der Waals surface area (Å²) in [7, 11) is 0. The van der Waals surface area contributed by atoms with Crippen molar-refractivity contribution in [2.75, 3.05) is 0 Å². The molecule has 0 fully saturated rings. The third kappa shape index (κ3) is 5.03. The molecule has 0 aromatic heterocycles. The van der Waals surface area contributed by atoms with Gasteiger partial charge in [0.2, 0.25) is 0 Å². The summed E-state index contributed by atoms with van der Waals surface area (Å²) in [4.78, 5) is 11.9. The third-order valence-electron chi connectivity index (χ3n) is 2.97. The fourth-order valence-electron chi connectivity index (χ4n) is 1.89. The second kappa shape index (κ2) is 6.20. The van der Waals surface area contributed by atoms with E-state index in [1.807, 2.05) is 12.1 Å². The predicted molar refractivity (Wildman–Crippen MR) is 76.3 cm³/mol. The Morgan fingerprint density at radius 3 is 2.16 bits per heavy atom. The van der Waals surface area contributed by atoms with Crippen LogP contribution in [0.15, 0.2) is 24.3 Å². The first kappa shape index (κ1) is 15.7. The Kier molecular flexibility index (Phi) is 5.12. The van der Waals surface area contributed by atoms with Crippen LogP contribution in [0, 0.1) is 0 Å². The molecule has 0 unspecified atom stereocenters. The average Bonchev–Trinajstić information content (AvgIpc) is 2.26. The molecule has 0 aliphatic carbocycles.